The number of thiol groups is 1. The van der Waals surface area contributed by atoms with Crippen molar-refractivity contribution in [3.8, 4) is 0 Å². The SMILES string of the molecule is O=C1CC(S)CN1c1nncs1. The number of carbonyl (C=O) groups excluding carboxylic acids is 1. The highest BCUT2D eigenvalue weighted by Crippen LogP contribution is 2.24. The molecule has 1 unspecified atom stereocenters. The standard InChI is InChI=1S/C6H7N3OS2/c10-5-1-4(11)2-9(5)6-8-7-3-12-6/h3-4,11H,1-2H2. The van der Waals surface area contributed by atoms with E-state index in [-0.39, 0.29) is 11.2 Å². The van der Waals surface area contributed by atoms with Gasteiger partial charge in [-0.15, -0.1) is 10.2 Å². The summed E-state index contributed by atoms with van der Waals surface area (Å²) in [6.07, 6.45) is 0.503. The van der Waals surface area contributed by atoms with Crippen LogP contribution >= 0.6 is 24.0 Å². The monoisotopic (exact) mass is 201 g/mol. The molecule has 2 rings (SSSR count). The Morgan fingerprint density at radius 2 is 2.58 bits per heavy atom. The average Bonchev–Trinajstić information content (AvgIpc) is 2.58. The molecule has 1 aromatic heterocycles. The second kappa shape index (κ2) is 3.02. The van der Waals surface area contributed by atoms with E-state index in [0.29, 0.717) is 18.1 Å². The van der Waals surface area contributed by atoms with Crippen LogP contribution in [0.15, 0.2) is 5.51 Å². The van der Waals surface area contributed by atoms with Gasteiger partial charge in [0, 0.05) is 18.2 Å². The summed E-state index contributed by atoms with van der Waals surface area (Å²) in [5, 5.41) is 8.32. The average molecular weight is 201 g/mol. The molecular weight excluding hydrogens is 194 g/mol. The quantitative estimate of drug-likeness (QED) is 0.676. The van der Waals surface area contributed by atoms with E-state index in [0.717, 1.165) is 0 Å². The summed E-state index contributed by atoms with van der Waals surface area (Å²) >= 11 is 5.61. The summed E-state index contributed by atoms with van der Waals surface area (Å²) in [4.78, 5) is 12.9. The first-order valence-electron chi connectivity index (χ1n) is 3.52. The number of aromatic nitrogens is 2. The smallest absolute Gasteiger partial charge is 0.230 e. The van der Waals surface area contributed by atoms with Gasteiger partial charge < -0.3 is 0 Å². The second-order valence-electron chi connectivity index (χ2n) is 2.58. The van der Waals surface area contributed by atoms with Crippen molar-refractivity contribution in [3.63, 3.8) is 0 Å². The van der Waals surface area contributed by atoms with E-state index in [9.17, 15) is 4.79 Å². The normalized spacial score (nSPS) is 23.6. The minimum Gasteiger partial charge on any atom is -0.286 e. The maximum atomic E-state index is 11.3. The van der Waals surface area contributed by atoms with E-state index in [1.807, 2.05) is 0 Å². The number of rotatable bonds is 1. The van der Waals surface area contributed by atoms with Crippen molar-refractivity contribution in [2.75, 3.05) is 11.4 Å². The molecule has 1 aliphatic heterocycles. The fourth-order valence-corrected chi connectivity index (χ4v) is 2.06. The summed E-state index contributed by atoms with van der Waals surface area (Å²) in [7, 11) is 0. The van der Waals surface area contributed by atoms with Crippen LogP contribution in [0.1, 0.15) is 6.42 Å². The zero-order chi connectivity index (χ0) is 8.55. The number of nitrogens with zero attached hydrogens (tertiary/aromatic N) is 3. The first kappa shape index (κ1) is 8.00. The largest absolute Gasteiger partial charge is 0.286 e. The van der Waals surface area contributed by atoms with Crippen molar-refractivity contribution in [2.45, 2.75) is 11.7 Å². The molecule has 1 aliphatic rings. The molecule has 4 nitrogen and oxygen atoms in total. The molecule has 0 aromatic carbocycles. The fraction of sp³-hybridized carbons (Fsp3) is 0.500. The Kier molecular flexibility index (Phi) is 2.02. The Morgan fingerprint density at radius 3 is 3.08 bits per heavy atom. The van der Waals surface area contributed by atoms with Crippen molar-refractivity contribution < 1.29 is 4.79 Å². The van der Waals surface area contributed by atoms with E-state index in [1.54, 1.807) is 10.4 Å². The highest BCUT2D eigenvalue weighted by molar-refractivity contribution is 7.81. The van der Waals surface area contributed by atoms with Gasteiger partial charge in [0.25, 0.3) is 0 Å². The molecule has 0 bridgehead atoms. The number of anilines is 1. The van der Waals surface area contributed by atoms with E-state index in [1.165, 1.54) is 11.3 Å². The van der Waals surface area contributed by atoms with Gasteiger partial charge in [-0.05, 0) is 0 Å². The molecule has 1 fully saturated rings. The maximum absolute atomic E-state index is 11.3. The molecular formula is C6H7N3OS2. The third kappa shape index (κ3) is 1.32. The summed E-state index contributed by atoms with van der Waals surface area (Å²) in [6.45, 7) is 0.650. The topological polar surface area (TPSA) is 46.1 Å². The second-order valence-corrected chi connectivity index (χ2v) is 4.13. The molecule has 0 radical (unpaired) electrons. The van der Waals surface area contributed by atoms with Crippen LogP contribution in [-0.4, -0.2) is 27.9 Å². The highest BCUT2D eigenvalue weighted by atomic mass is 32.1. The molecule has 6 heteroatoms. The van der Waals surface area contributed by atoms with Gasteiger partial charge in [0.15, 0.2) is 0 Å². The van der Waals surface area contributed by atoms with Gasteiger partial charge >= 0.3 is 0 Å². The fourth-order valence-electron chi connectivity index (χ4n) is 1.16. The minimum absolute atomic E-state index is 0.0896. The number of carbonyl (C=O) groups is 1. The molecule has 0 N–H and O–H groups in total. The van der Waals surface area contributed by atoms with Gasteiger partial charge in [0.1, 0.15) is 5.51 Å². The predicted molar refractivity (Wildman–Crippen MR) is 49.7 cm³/mol. The molecule has 1 atom stereocenters. The third-order valence-corrected chi connectivity index (χ3v) is 2.74. The lowest BCUT2D eigenvalue weighted by atomic mass is 10.4. The Labute approximate surface area is 79.0 Å². The minimum atomic E-state index is 0.0896. The van der Waals surface area contributed by atoms with Crippen LogP contribution in [0.3, 0.4) is 0 Å². The van der Waals surface area contributed by atoms with Crippen molar-refractivity contribution in [2.24, 2.45) is 0 Å². The first-order chi connectivity index (χ1) is 5.77. The van der Waals surface area contributed by atoms with Crippen LogP contribution in [0.2, 0.25) is 0 Å². The zero-order valence-corrected chi connectivity index (χ0v) is 7.89. The van der Waals surface area contributed by atoms with Gasteiger partial charge in [-0.2, -0.15) is 12.6 Å². The Morgan fingerprint density at radius 1 is 1.75 bits per heavy atom. The summed E-state index contributed by atoms with van der Waals surface area (Å²) in [5.74, 6) is 0.0896. The van der Waals surface area contributed by atoms with Crippen molar-refractivity contribution in [1.29, 1.82) is 0 Å². The van der Waals surface area contributed by atoms with Crippen LogP contribution in [0.25, 0.3) is 0 Å². The van der Waals surface area contributed by atoms with Crippen molar-refractivity contribution in [3.05, 3.63) is 5.51 Å². The molecule has 1 saturated heterocycles. The van der Waals surface area contributed by atoms with Crippen LogP contribution < -0.4 is 4.90 Å². The maximum Gasteiger partial charge on any atom is 0.230 e. The van der Waals surface area contributed by atoms with Crippen molar-refractivity contribution in [1.82, 2.24) is 10.2 Å². The highest BCUT2D eigenvalue weighted by Gasteiger charge is 2.29. The molecule has 1 amide bonds. The number of hydrogen-bond donors (Lipinski definition) is 1. The molecule has 64 valence electrons. The lowest BCUT2D eigenvalue weighted by Gasteiger charge is -2.09. The lowest BCUT2D eigenvalue weighted by molar-refractivity contribution is -0.117. The van der Waals surface area contributed by atoms with E-state index in [4.69, 9.17) is 0 Å². The number of amides is 1. The molecule has 0 saturated carbocycles. The third-order valence-electron chi connectivity index (χ3n) is 1.68. The van der Waals surface area contributed by atoms with E-state index < -0.39 is 0 Å². The van der Waals surface area contributed by atoms with Gasteiger partial charge in [0.05, 0.1) is 0 Å². The Balaban J connectivity index is 2.21. The summed E-state index contributed by atoms with van der Waals surface area (Å²) < 4.78 is 0. The molecule has 0 spiro atoms. The molecule has 2 heterocycles. The lowest BCUT2D eigenvalue weighted by Crippen LogP contribution is -2.24. The Hall–Kier alpha value is -0.620. The van der Waals surface area contributed by atoms with Crippen LogP contribution in [0, 0.1) is 0 Å². The van der Waals surface area contributed by atoms with Crippen LogP contribution in [-0.2, 0) is 4.79 Å². The van der Waals surface area contributed by atoms with Crippen LogP contribution in [0.5, 0.6) is 0 Å². The molecule has 12 heavy (non-hydrogen) atoms. The van der Waals surface area contributed by atoms with Gasteiger partial charge in [-0.3, -0.25) is 9.69 Å². The van der Waals surface area contributed by atoms with E-state index >= 15 is 0 Å². The zero-order valence-electron chi connectivity index (χ0n) is 6.17. The first-order valence-corrected chi connectivity index (χ1v) is 4.91. The molecule has 1 aromatic rings. The molecule has 0 aliphatic carbocycles. The van der Waals surface area contributed by atoms with Gasteiger partial charge in [0.2, 0.25) is 11.0 Å². The predicted octanol–water partition coefficient (Wildman–Crippen LogP) is 0.573. The van der Waals surface area contributed by atoms with Gasteiger partial charge in [-0.1, -0.05) is 11.3 Å². The van der Waals surface area contributed by atoms with E-state index in [2.05, 4.69) is 22.8 Å². The van der Waals surface area contributed by atoms with Crippen molar-refractivity contribution >= 4 is 35.0 Å². The number of hydrogen-bond acceptors (Lipinski definition) is 5. The van der Waals surface area contributed by atoms with Crippen LogP contribution in [0.4, 0.5) is 5.13 Å². The Bertz CT molecular complexity index is 287. The summed E-state index contributed by atoms with van der Waals surface area (Å²) in [6, 6.07) is 0. The van der Waals surface area contributed by atoms with Gasteiger partial charge in [-0.25, -0.2) is 0 Å². The summed E-state index contributed by atoms with van der Waals surface area (Å²) in [5.41, 5.74) is 1.62.